The van der Waals surface area contributed by atoms with Gasteiger partial charge in [0, 0.05) is 16.9 Å². The van der Waals surface area contributed by atoms with Crippen LogP contribution in [0, 0.1) is 0 Å². The van der Waals surface area contributed by atoms with E-state index < -0.39 is 10.0 Å². The monoisotopic (exact) mass is 379 g/mol. The Morgan fingerprint density at radius 1 is 1.14 bits per heavy atom. The summed E-state index contributed by atoms with van der Waals surface area (Å²) in [5.74, 6) is 0.699. The molecule has 0 saturated heterocycles. The highest BCUT2D eigenvalue weighted by molar-refractivity contribution is 9.08. The number of hydrogen-bond donors (Lipinski definition) is 0. The SMILES string of the molecule is COc1ccc2c(c1)c(CBr)cn2S(=O)(=O)c1ccccc1. The summed E-state index contributed by atoms with van der Waals surface area (Å²) >= 11 is 3.41. The molecule has 4 nitrogen and oxygen atoms in total. The van der Waals surface area contributed by atoms with Gasteiger partial charge in [0.15, 0.2) is 0 Å². The van der Waals surface area contributed by atoms with Crippen LogP contribution in [0.2, 0.25) is 0 Å². The van der Waals surface area contributed by atoms with E-state index in [9.17, 15) is 8.42 Å². The third-order valence-corrected chi connectivity index (χ3v) is 5.80. The number of methoxy groups -OCH3 is 1. The Bertz CT molecular complexity index is 917. The lowest BCUT2D eigenvalue weighted by atomic mass is 10.2. The van der Waals surface area contributed by atoms with Gasteiger partial charge in [-0.1, -0.05) is 34.1 Å². The molecule has 2 aromatic carbocycles. The lowest BCUT2D eigenvalue weighted by Crippen LogP contribution is -2.11. The molecule has 22 heavy (non-hydrogen) atoms. The zero-order valence-electron chi connectivity index (χ0n) is 11.9. The summed E-state index contributed by atoms with van der Waals surface area (Å²) in [6, 6.07) is 13.8. The van der Waals surface area contributed by atoms with E-state index >= 15 is 0 Å². The van der Waals surface area contributed by atoms with Crippen LogP contribution >= 0.6 is 15.9 Å². The van der Waals surface area contributed by atoms with E-state index in [0.717, 1.165) is 10.9 Å². The Morgan fingerprint density at radius 3 is 2.50 bits per heavy atom. The zero-order valence-corrected chi connectivity index (χ0v) is 14.3. The van der Waals surface area contributed by atoms with E-state index in [2.05, 4.69) is 15.9 Å². The second-order valence-corrected chi connectivity index (χ2v) is 7.16. The molecular formula is C16H14BrNO3S. The Labute approximate surface area is 137 Å². The molecule has 0 radical (unpaired) electrons. The van der Waals surface area contributed by atoms with E-state index in [1.807, 2.05) is 6.07 Å². The maximum Gasteiger partial charge on any atom is 0.268 e. The van der Waals surface area contributed by atoms with Crippen molar-refractivity contribution in [3.05, 3.63) is 60.3 Å². The van der Waals surface area contributed by atoms with E-state index in [0.29, 0.717) is 16.6 Å². The Morgan fingerprint density at radius 2 is 1.86 bits per heavy atom. The molecule has 0 spiro atoms. The first-order valence-electron chi connectivity index (χ1n) is 6.62. The topological polar surface area (TPSA) is 48.3 Å². The molecule has 0 unspecified atom stereocenters. The van der Waals surface area contributed by atoms with Crippen LogP contribution < -0.4 is 4.74 Å². The van der Waals surface area contributed by atoms with Gasteiger partial charge in [-0.05, 0) is 35.9 Å². The smallest absolute Gasteiger partial charge is 0.268 e. The van der Waals surface area contributed by atoms with Gasteiger partial charge < -0.3 is 4.74 Å². The molecule has 0 saturated carbocycles. The van der Waals surface area contributed by atoms with Crippen molar-refractivity contribution in [2.45, 2.75) is 10.2 Å². The summed E-state index contributed by atoms with van der Waals surface area (Å²) in [7, 11) is -2.03. The van der Waals surface area contributed by atoms with Gasteiger partial charge in [-0.15, -0.1) is 0 Å². The summed E-state index contributed by atoms with van der Waals surface area (Å²) in [5, 5.41) is 1.42. The third-order valence-electron chi connectivity index (χ3n) is 3.50. The van der Waals surface area contributed by atoms with E-state index in [1.54, 1.807) is 55.8 Å². The van der Waals surface area contributed by atoms with E-state index in [4.69, 9.17) is 4.74 Å². The van der Waals surface area contributed by atoms with E-state index in [1.165, 1.54) is 3.97 Å². The fourth-order valence-electron chi connectivity index (χ4n) is 2.38. The average molecular weight is 380 g/mol. The number of nitrogens with zero attached hydrogens (tertiary/aromatic N) is 1. The molecule has 0 atom stereocenters. The predicted molar refractivity (Wildman–Crippen MR) is 90.1 cm³/mol. The van der Waals surface area contributed by atoms with Gasteiger partial charge in [0.25, 0.3) is 10.0 Å². The van der Waals surface area contributed by atoms with Crippen LogP contribution in [-0.2, 0) is 15.4 Å². The minimum Gasteiger partial charge on any atom is -0.497 e. The first-order valence-corrected chi connectivity index (χ1v) is 9.18. The molecule has 1 heterocycles. The van der Waals surface area contributed by atoms with Crippen molar-refractivity contribution in [3.8, 4) is 5.75 Å². The molecule has 3 aromatic rings. The first-order chi connectivity index (χ1) is 10.6. The minimum absolute atomic E-state index is 0.267. The van der Waals surface area contributed by atoms with Crippen LogP contribution in [0.3, 0.4) is 0 Å². The highest BCUT2D eigenvalue weighted by atomic mass is 79.9. The molecule has 3 rings (SSSR count). The van der Waals surface area contributed by atoms with Crippen LogP contribution in [0.5, 0.6) is 5.75 Å². The van der Waals surface area contributed by atoms with Gasteiger partial charge in [-0.3, -0.25) is 0 Å². The third kappa shape index (κ3) is 2.42. The molecule has 0 amide bonds. The largest absolute Gasteiger partial charge is 0.497 e. The standard InChI is InChI=1S/C16H14BrNO3S/c1-21-13-7-8-16-15(9-13)12(10-17)11-18(16)22(19,20)14-5-3-2-4-6-14/h2-9,11H,10H2,1H3. The van der Waals surface area contributed by atoms with Crippen LogP contribution in [0.15, 0.2) is 59.6 Å². The summed E-state index contributed by atoms with van der Waals surface area (Å²) in [6.07, 6.45) is 1.65. The highest BCUT2D eigenvalue weighted by Crippen LogP contribution is 2.30. The van der Waals surface area contributed by atoms with Gasteiger partial charge in [0.1, 0.15) is 5.75 Å². The van der Waals surface area contributed by atoms with Gasteiger partial charge in [-0.2, -0.15) is 0 Å². The fourth-order valence-corrected chi connectivity index (χ4v) is 4.24. The van der Waals surface area contributed by atoms with Crippen molar-refractivity contribution in [1.82, 2.24) is 3.97 Å². The first kappa shape index (κ1) is 15.1. The molecule has 6 heteroatoms. The quantitative estimate of drug-likeness (QED) is 0.648. The number of rotatable bonds is 4. The fraction of sp³-hybridized carbons (Fsp3) is 0.125. The summed E-state index contributed by atoms with van der Waals surface area (Å²) in [6.45, 7) is 0. The summed E-state index contributed by atoms with van der Waals surface area (Å²) in [4.78, 5) is 0.267. The van der Waals surface area contributed by atoms with Crippen molar-refractivity contribution in [2.24, 2.45) is 0 Å². The van der Waals surface area contributed by atoms with Crippen LogP contribution in [-0.4, -0.2) is 19.5 Å². The van der Waals surface area contributed by atoms with Gasteiger partial charge in [0.2, 0.25) is 0 Å². The molecule has 0 N–H and O–H groups in total. The zero-order chi connectivity index (χ0) is 15.7. The molecule has 0 fully saturated rings. The molecule has 0 aliphatic heterocycles. The maximum absolute atomic E-state index is 12.8. The highest BCUT2D eigenvalue weighted by Gasteiger charge is 2.20. The predicted octanol–water partition coefficient (Wildman–Crippen LogP) is 3.78. The Balaban J connectivity index is 2.28. The Hall–Kier alpha value is -1.79. The minimum atomic E-state index is -3.62. The molecule has 0 aliphatic rings. The number of aromatic nitrogens is 1. The van der Waals surface area contributed by atoms with Crippen LogP contribution in [0.1, 0.15) is 5.56 Å². The number of hydrogen-bond acceptors (Lipinski definition) is 3. The van der Waals surface area contributed by atoms with Crippen molar-refractivity contribution >= 4 is 36.9 Å². The maximum atomic E-state index is 12.8. The summed E-state index contributed by atoms with van der Waals surface area (Å²) in [5.41, 5.74) is 1.53. The van der Waals surface area contributed by atoms with Gasteiger partial charge >= 0.3 is 0 Å². The number of halogens is 1. The Kier molecular flexibility index (Phi) is 3.97. The van der Waals surface area contributed by atoms with Gasteiger partial charge in [0.05, 0.1) is 17.5 Å². The van der Waals surface area contributed by atoms with Crippen molar-refractivity contribution in [3.63, 3.8) is 0 Å². The summed E-state index contributed by atoms with van der Waals surface area (Å²) < 4.78 is 32.3. The van der Waals surface area contributed by atoms with Crippen molar-refractivity contribution < 1.29 is 13.2 Å². The number of alkyl halides is 1. The molecule has 1 aromatic heterocycles. The normalized spacial score (nSPS) is 11.7. The molecule has 114 valence electrons. The van der Waals surface area contributed by atoms with Crippen molar-refractivity contribution in [2.75, 3.05) is 7.11 Å². The molecular weight excluding hydrogens is 366 g/mol. The van der Waals surface area contributed by atoms with Crippen LogP contribution in [0.25, 0.3) is 10.9 Å². The second-order valence-electron chi connectivity index (χ2n) is 4.78. The number of ether oxygens (including phenoxy) is 1. The van der Waals surface area contributed by atoms with Gasteiger partial charge in [-0.25, -0.2) is 12.4 Å². The average Bonchev–Trinajstić information content (AvgIpc) is 2.94. The molecule has 0 aliphatic carbocycles. The lowest BCUT2D eigenvalue weighted by molar-refractivity contribution is 0.415. The van der Waals surface area contributed by atoms with E-state index in [-0.39, 0.29) is 4.90 Å². The van der Waals surface area contributed by atoms with Crippen molar-refractivity contribution in [1.29, 1.82) is 0 Å². The molecule has 0 bridgehead atoms. The lowest BCUT2D eigenvalue weighted by Gasteiger charge is -2.07. The second kappa shape index (κ2) is 5.78. The van der Waals surface area contributed by atoms with Crippen LogP contribution in [0.4, 0.5) is 0 Å². The number of fused-ring (bicyclic) bond motifs is 1. The number of benzene rings is 2.